The zero-order valence-corrected chi connectivity index (χ0v) is 13.9. The number of benzene rings is 1. The smallest absolute Gasteiger partial charge is 0.240 e. The molecular formula is C18H22N6. The molecule has 1 saturated heterocycles. The minimum absolute atomic E-state index is 0.322. The molecule has 0 saturated carbocycles. The Morgan fingerprint density at radius 1 is 1.00 bits per heavy atom. The van der Waals surface area contributed by atoms with E-state index in [1.165, 1.54) is 11.3 Å². The summed E-state index contributed by atoms with van der Waals surface area (Å²) in [6.07, 6.45) is 0. The SMILES string of the molecule is Cc1c(N2CCN(Cc3ccccc3)CC2)ccc2nc(N)nn12. The summed E-state index contributed by atoms with van der Waals surface area (Å²) in [5.74, 6) is 0.322. The average molecular weight is 322 g/mol. The Labute approximate surface area is 141 Å². The predicted octanol–water partition coefficient (Wildman–Crippen LogP) is 1.94. The molecular weight excluding hydrogens is 300 g/mol. The van der Waals surface area contributed by atoms with Crippen LogP contribution in [0.5, 0.6) is 0 Å². The van der Waals surface area contributed by atoms with Crippen molar-refractivity contribution in [3.8, 4) is 0 Å². The first-order valence-corrected chi connectivity index (χ1v) is 8.34. The van der Waals surface area contributed by atoms with Gasteiger partial charge >= 0.3 is 0 Å². The molecule has 0 aliphatic carbocycles. The second-order valence-corrected chi connectivity index (χ2v) is 6.29. The van der Waals surface area contributed by atoms with E-state index in [2.05, 4.69) is 63.2 Å². The first-order chi connectivity index (χ1) is 11.7. The van der Waals surface area contributed by atoms with Crippen LogP contribution in [-0.2, 0) is 6.54 Å². The molecule has 24 heavy (non-hydrogen) atoms. The molecule has 0 bridgehead atoms. The van der Waals surface area contributed by atoms with Crippen LogP contribution in [0.4, 0.5) is 11.6 Å². The summed E-state index contributed by atoms with van der Waals surface area (Å²) in [5.41, 5.74) is 10.2. The van der Waals surface area contributed by atoms with Gasteiger partial charge in [0.05, 0.1) is 11.4 Å². The number of nitrogen functional groups attached to an aromatic ring is 1. The van der Waals surface area contributed by atoms with Gasteiger partial charge in [-0.2, -0.15) is 4.98 Å². The Hall–Kier alpha value is -2.60. The van der Waals surface area contributed by atoms with E-state index >= 15 is 0 Å². The van der Waals surface area contributed by atoms with Gasteiger partial charge in [-0.05, 0) is 24.6 Å². The van der Waals surface area contributed by atoms with Crippen LogP contribution in [0.3, 0.4) is 0 Å². The van der Waals surface area contributed by atoms with Crippen LogP contribution in [0, 0.1) is 6.92 Å². The van der Waals surface area contributed by atoms with Crippen LogP contribution in [0.15, 0.2) is 42.5 Å². The molecule has 6 nitrogen and oxygen atoms in total. The first kappa shape index (κ1) is 15.0. The molecule has 2 aromatic heterocycles. The van der Waals surface area contributed by atoms with E-state index < -0.39 is 0 Å². The van der Waals surface area contributed by atoms with Crippen LogP contribution in [0.1, 0.15) is 11.3 Å². The molecule has 6 heteroatoms. The van der Waals surface area contributed by atoms with Crippen molar-refractivity contribution >= 4 is 17.3 Å². The van der Waals surface area contributed by atoms with Gasteiger partial charge in [0.15, 0.2) is 5.65 Å². The lowest BCUT2D eigenvalue weighted by Crippen LogP contribution is -2.46. The fraction of sp³-hybridized carbons (Fsp3) is 0.333. The second kappa shape index (κ2) is 6.13. The molecule has 4 rings (SSSR count). The lowest BCUT2D eigenvalue weighted by Gasteiger charge is -2.36. The van der Waals surface area contributed by atoms with Crippen molar-refractivity contribution < 1.29 is 0 Å². The van der Waals surface area contributed by atoms with E-state index in [0.717, 1.165) is 44.1 Å². The number of fused-ring (bicyclic) bond motifs is 1. The highest BCUT2D eigenvalue weighted by molar-refractivity contribution is 5.57. The summed E-state index contributed by atoms with van der Waals surface area (Å²) in [7, 11) is 0. The van der Waals surface area contributed by atoms with Gasteiger partial charge in [0, 0.05) is 32.7 Å². The predicted molar refractivity (Wildman–Crippen MR) is 96.1 cm³/mol. The normalized spacial score (nSPS) is 16.0. The second-order valence-electron chi connectivity index (χ2n) is 6.29. The molecule has 0 spiro atoms. The number of pyridine rings is 1. The minimum Gasteiger partial charge on any atom is -0.368 e. The lowest BCUT2D eigenvalue weighted by atomic mass is 10.2. The van der Waals surface area contributed by atoms with Crippen LogP contribution < -0.4 is 10.6 Å². The van der Waals surface area contributed by atoms with Crippen LogP contribution in [0.25, 0.3) is 5.65 Å². The average Bonchev–Trinajstić information content (AvgIpc) is 2.99. The van der Waals surface area contributed by atoms with Crippen molar-refractivity contribution in [2.24, 2.45) is 0 Å². The zero-order chi connectivity index (χ0) is 16.5. The van der Waals surface area contributed by atoms with Crippen molar-refractivity contribution in [1.82, 2.24) is 19.5 Å². The minimum atomic E-state index is 0.322. The number of hydrogen-bond acceptors (Lipinski definition) is 5. The van der Waals surface area contributed by atoms with E-state index in [1.807, 2.05) is 10.6 Å². The number of piperazine rings is 1. The summed E-state index contributed by atoms with van der Waals surface area (Å²) < 4.78 is 1.83. The van der Waals surface area contributed by atoms with Gasteiger partial charge in [0.25, 0.3) is 0 Å². The molecule has 124 valence electrons. The highest BCUT2D eigenvalue weighted by Crippen LogP contribution is 2.23. The molecule has 3 heterocycles. The lowest BCUT2D eigenvalue weighted by molar-refractivity contribution is 0.249. The molecule has 1 aliphatic heterocycles. The maximum atomic E-state index is 5.72. The van der Waals surface area contributed by atoms with Crippen molar-refractivity contribution in [3.05, 3.63) is 53.7 Å². The summed E-state index contributed by atoms with van der Waals surface area (Å²) in [4.78, 5) is 9.15. The third kappa shape index (κ3) is 2.80. The van der Waals surface area contributed by atoms with Gasteiger partial charge in [0.2, 0.25) is 5.95 Å². The Kier molecular flexibility index (Phi) is 3.82. The summed E-state index contributed by atoms with van der Waals surface area (Å²) in [6.45, 7) is 7.25. The standard InChI is InChI=1S/C18H22N6/c1-14-16(7-8-17-20-18(19)21-24(14)17)23-11-9-22(10-12-23)13-15-5-3-2-4-6-15/h2-8H,9-13H2,1H3,(H2,19,21). The van der Waals surface area contributed by atoms with Crippen molar-refractivity contribution in [2.75, 3.05) is 36.8 Å². The van der Waals surface area contributed by atoms with Crippen LogP contribution in [-0.4, -0.2) is 45.7 Å². The molecule has 1 aliphatic rings. The maximum absolute atomic E-state index is 5.72. The highest BCUT2D eigenvalue weighted by Gasteiger charge is 2.20. The monoisotopic (exact) mass is 322 g/mol. The molecule has 3 aromatic rings. The van der Waals surface area contributed by atoms with Gasteiger partial charge in [-0.15, -0.1) is 5.10 Å². The molecule has 1 aromatic carbocycles. The number of nitrogens with zero attached hydrogens (tertiary/aromatic N) is 5. The van der Waals surface area contributed by atoms with Gasteiger partial charge in [-0.25, -0.2) is 4.52 Å². The van der Waals surface area contributed by atoms with E-state index in [0.29, 0.717) is 5.95 Å². The topological polar surface area (TPSA) is 62.7 Å². The zero-order valence-electron chi connectivity index (χ0n) is 13.9. The number of anilines is 2. The molecule has 2 N–H and O–H groups in total. The quantitative estimate of drug-likeness (QED) is 0.798. The molecule has 0 unspecified atom stereocenters. The fourth-order valence-electron chi connectivity index (χ4n) is 3.40. The van der Waals surface area contributed by atoms with Gasteiger partial charge in [-0.1, -0.05) is 30.3 Å². The van der Waals surface area contributed by atoms with Crippen LogP contribution >= 0.6 is 0 Å². The number of aryl methyl sites for hydroxylation is 1. The number of rotatable bonds is 3. The van der Waals surface area contributed by atoms with Gasteiger partial charge < -0.3 is 10.6 Å². The molecule has 1 fully saturated rings. The third-order valence-electron chi connectivity index (χ3n) is 4.69. The van der Waals surface area contributed by atoms with Crippen molar-refractivity contribution in [1.29, 1.82) is 0 Å². The maximum Gasteiger partial charge on any atom is 0.240 e. The van der Waals surface area contributed by atoms with Gasteiger partial charge in [-0.3, -0.25) is 4.90 Å². The molecule has 0 radical (unpaired) electrons. The number of hydrogen-bond donors (Lipinski definition) is 1. The summed E-state index contributed by atoms with van der Waals surface area (Å²) >= 11 is 0. The van der Waals surface area contributed by atoms with E-state index in [1.54, 1.807) is 0 Å². The fourth-order valence-corrected chi connectivity index (χ4v) is 3.40. The Morgan fingerprint density at radius 3 is 2.50 bits per heavy atom. The Morgan fingerprint density at radius 2 is 1.75 bits per heavy atom. The Balaban J connectivity index is 1.47. The van der Waals surface area contributed by atoms with Gasteiger partial charge in [0.1, 0.15) is 0 Å². The first-order valence-electron chi connectivity index (χ1n) is 8.34. The summed E-state index contributed by atoms with van der Waals surface area (Å²) in [5, 5.41) is 4.29. The Bertz CT molecular complexity index is 833. The highest BCUT2D eigenvalue weighted by atomic mass is 15.3. The van der Waals surface area contributed by atoms with Crippen molar-refractivity contribution in [2.45, 2.75) is 13.5 Å². The summed E-state index contributed by atoms with van der Waals surface area (Å²) in [6, 6.07) is 14.8. The number of nitrogens with two attached hydrogens (primary N) is 1. The van der Waals surface area contributed by atoms with E-state index in [9.17, 15) is 0 Å². The van der Waals surface area contributed by atoms with E-state index in [4.69, 9.17) is 5.73 Å². The molecule has 0 atom stereocenters. The van der Waals surface area contributed by atoms with Crippen LogP contribution in [0.2, 0.25) is 0 Å². The third-order valence-corrected chi connectivity index (χ3v) is 4.69. The largest absolute Gasteiger partial charge is 0.368 e. The van der Waals surface area contributed by atoms with Crippen molar-refractivity contribution in [3.63, 3.8) is 0 Å². The number of aromatic nitrogens is 3. The van der Waals surface area contributed by atoms with E-state index in [-0.39, 0.29) is 0 Å². The molecule has 0 amide bonds.